The predicted molar refractivity (Wildman–Crippen MR) is 108 cm³/mol. The van der Waals surface area contributed by atoms with E-state index in [0.717, 1.165) is 0 Å². The van der Waals surface area contributed by atoms with E-state index in [4.69, 9.17) is 18.8 Å². The Balaban J connectivity index is 1.81. The highest BCUT2D eigenvalue weighted by Gasteiger charge is 2.18. The second-order valence-corrected chi connectivity index (χ2v) is 5.90. The third-order valence-electron chi connectivity index (χ3n) is 3.96. The van der Waals surface area contributed by atoms with Gasteiger partial charge in [0.2, 0.25) is 5.82 Å². The Morgan fingerprint density at radius 3 is 2.28 bits per heavy atom. The van der Waals surface area contributed by atoms with E-state index < -0.39 is 0 Å². The molecular formula is C21H23N3O5. The molecule has 1 aromatic heterocycles. The van der Waals surface area contributed by atoms with Gasteiger partial charge in [-0.15, -0.1) is 0 Å². The van der Waals surface area contributed by atoms with Crippen molar-refractivity contribution in [2.24, 2.45) is 0 Å². The van der Waals surface area contributed by atoms with Crippen LogP contribution in [0.25, 0.3) is 11.3 Å². The zero-order valence-electron chi connectivity index (χ0n) is 16.6. The van der Waals surface area contributed by atoms with Gasteiger partial charge in [0, 0.05) is 11.1 Å². The molecule has 3 rings (SSSR count). The largest absolute Gasteiger partial charge is 0.494 e. The van der Waals surface area contributed by atoms with Crippen molar-refractivity contribution in [3.05, 3.63) is 48.0 Å². The van der Waals surface area contributed by atoms with Gasteiger partial charge in [0.25, 0.3) is 5.91 Å². The van der Waals surface area contributed by atoms with Gasteiger partial charge in [-0.3, -0.25) is 4.79 Å². The van der Waals surface area contributed by atoms with Crippen molar-refractivity contribution in [3.63, 3.8) is 0 Å². The highest BCUT2D eigenvalue weighted by molar-refractivity contribution is 6.05. The summed E-state index contributed by atoms with van der Waals surface area (Å²) in [5.41, 5.74) is 1.54. The van der Waals surface area contributed by atoms with Crippen LogP contribution in [0.5, 0.6) is 17.2 Å². The summed E-state index contributed by atoms with van der Waals surface area (Å²) < 4.78 is 21.5. The van der Waals surface area contributed by atoms with Crippen LogP contribution >= 0.6 is 0 Å². The number of hydrogen-bond donors (Lipinski definition) is 1. The Hall–Kier alpha value is -3.55. The summed E-state index contributed by atoms with van der Waals surface area (Å²) in [6, 6.07) is 12.2. The Bertz CT molecular complexity index is 953. The fourth-order valence-corrected chi connectivity index (χ4v) is 2.71. The molecule has 0 aliphatic rings. The molecule has 0 unspecified atom stereocenters. The third-order valence-corrected chi connectivity index (χ3v) is 3.96. The van der Waals surface area contributed by atoms with E-state index >= 15 is 0 Å². The molecule has 1 N–H and O–H groups in total. The van der Waals surface area contributed by atoms with Crippen LogP contribution in [0, 0.1) is 0 Å². The number of ether oxygens (including phenoxy) is 3. The first kappa shape index (κ1) is 20.2. The van der Waals surface area contributed by atoms with Crippen molar-refractivity contribution in [2.45, 2.75) is 20.8 Å². The highest BCUT2D eigenvalue weighted by Crippen LogP contribution is 2.34. The number of aromatic nitrogens is 2. The molecule has 0 atom stereocenters. The first-order valence-electron chi connectivity index (χ1n) is 9.43. The van der Waals surface area contributed by atoms with Crippen LogP contribution in [0.2, 0.25) is 0 Å². The summed E-state index contributed by atoms with van der Waals surface area (Å²) in [6.07, 6.45) is 0. The van der Waals surface area contributed by atoms with Gasteiger partial charge in [0.05, 0.1) is 19.8 Å². The number of carbonyl (C=O) groups excluding carboxylic acids is 1. The highest BCUT2D eigenvalue weighted by atomic mass is 16.6. The number of amides is 1. The summed E-state index contributed by atoms with van der Waals surface area (Å²) in [6.45, 7) is 7.27. The van der Waals surface area contributed by atoms with Crippen molar-refractivity contribution < 1.29 is 23.6 Å². The minimum atomic E-state index is -0.332. The van der Waals surface area contributed by atoms with E-state index in [9.17, 15) is 4.79 Å². The van der Waals surface area contributed by atoms with Gasteiger partial charge in [-0.1, -0.05) is 0 Å². The van der Waals surface area contributed by atoms with Crippen LogP contribution in [-0.2, 0) is 0 Å². The summed E-state index contributed by atoms with van der Waals surface area (Å²) in [7, 11) is 0. The van der Waals surface area contributed by atoms with E-state index in [-0.39, 0.29) is 11.7 Å². The second kappa shape index (κ2) is 9.59. The van der Waals surface area contributed by atoms with Gasteiger partial charge >= 0.3 is 0 Å². The first-order chi connectivity index (χ1) is 14.2. The maximum atomic E-state index is 12.6. The predicted octanol–water partition coefficient (Wildman–Crippen LogP) is 4.19. The number of rotatable bonds is 9. The molecule has 0 aliphatic carbocycles. The van der Waals surface area contributed by atoms with Gasteiger partial charge in [0.15, 0.2) is 17.2 Å². The average Bonchev–Trinajstić information content (AvgIpc) is 3.18. The monoisotopic (exact) mass is 397 g/mol. The van der Waals surface area contributed by atoms with Crippen molar-refractivity contribution in [3.8, 4) is 28.5 Å². The van der Waals surface area contributed by atoms with Crippen LogP contribution < -0.4 is 19.5 Å². The summed E-state index contributed by atoms with van der Waals surface area (Å²) >= 11 is 0. The quantitative estimate of drug-likeness (QED) is 0.578. The Morgan fingerprint density at radius 1 is 0.897 bits per heavy atom. The van der Waals surface area contributed by atoms with Crippen LogP contribution in [0.1, 0.15) is 31.1 Å². The average molecular weight is 397 g/mol. The van der Waals surface area contributed by atoms with E-state index in [1.54, 1.807) is 42.5 Å². The fourth-order valence-electron chi connectivity index (χ4n) is 2.71. The van der Waals surface area contributed by atoms with Crippen molar-refractivity contribution in [2.75, 3.05) is 25.1 Å². The van der Waals surface area contributed by atoms with Gasteiger partial charge in [-0.25, -0.2) is 4.63 Å². The maximum absolute atomic E-state index is 12.6. The summed E-state index contributed by atoms with van der Waals surface area (Å²) in [5.74, 6) is 1.80. The Kier molecular flexibility index (Phi) is 6.67. The Morgan fingerprint density at radius 2 is 1.59 bits per heavy atom. The van der Waals surface area contributed by atoms with E-state index in [1.807, 2.05) is 20.8 Å². The van der Waals surface area contributed by atoms with Gasteiger partial charge < -0.3 is 19.5 Å². The van der Waals surface area contributed by atoms with Crippen molar-refractivity contribution in [1.82, 2.24) is 10.3 Å². The second-order valence-electron chi connectivity index (χ2n) is 5.90. The van der Waals surface area contributed by atoms with Crippen LogP contribution in [0.15, 0.2) is 47.1 Å². The van der Waals surface area contributed by atoms with E-state index in [0.29, 0.717) is 53.9 Å². The number of nitrogens with one attached hydrogen (secondary N) is 1. The zero-order valence-corrected chi connectivity index (χ0v) is 16.6. The molecule has 8 nitrogen and oxygen atoms in total. The molecule has 1 amide bonds. The number of anilines is 1. The van der Waals surface area contributed by atoms with Gasteiger partial charge in [-0.05, 0) is 73.5 Å². The molecular weight excluding hydrogens is 374 g/mol. The molecule has 0 saturated heterocycles. The lowest BCUT2D eigenvalue weighted by atomic mass is 10.1. The van der Waals surface area contributed by atoms with Gasteiger partial charge in [-0.2, -0.15) is 0 Å². The summed E-state index contributed by atoms with van der Waals surface area (Å²) in [4.78, 5) is 12.6. The molecule has 0 spiro atoms. The fraction of sp³-hybridized carbons (Fsp3) is 0.286. The molecule has 29 heavy (non-hydrogen) atoms. The van der Waals surface area contributed by atoms with Crippen LogP contribution in [-0.4, -0.2) is 36.0 Å². The lowest BCUT2D eigenvalue weighted by Crippen LogP contribution is -2.12. The van der Waals surface area contributed by atoms with Crippen LogP contribution in [0.3, 0.4) is 0 Å². The molecule has 1 heterocycles. The van der Waals surface area contributed by atoms with Crippen molar-refractivity contribution >= 4 is 11.7 Å². The molecule has 0 aliphatic heterocycles. The van der Waals surface area contributed by atoms with Crippen molar-refractivity contribution in [1.29, 1.82) is 0 Å². The SMILES string of the molecule is CCOc1ccc(C(=O)Nc2nonc2-c2ccc(OCC)c(OCC)c2)cc1. The molecule has 0 saturated carbocycles. The zero-order chi connectivity index (χ0) is 20.6. The Labute approximate surface area is 168 Å². The molecule has 0 bridgehead atoms. The van der Waals surface area contributed by atoms with Gasteiger partial charge in [0.1, 0.15) is 5.75 Å². The topological polar surface area (TPSA) is 95.7 Å². The molecule has 152 valence electrons. The van der Waals surface area contributed by atoms with E-state index in [1.165, 1.54) is 0 Å². The van der Waals surface area contributed by atoms with Crippen LogP contribution in [0.4, 0.5) is 5.82 Å². The van der Waals surface area contributed by atoms with E-state index in [2.05, 4.69) is 15.6 Å². The molecule has 2 aromatic carbocycles. The lowest BCUT2D eigenvalue weighted by Gasteiger charge is -2.12. The number of benzene rings is 2. The molecule has 0 fully saturated rings. The minimum absolute atomic E-state index is 0.218. The smallest absolute Gasteiger partial charge is 0.256 e. The first-order valence-corrected chi connectivity index (χ1v) is 9.43. The normalized spacial score (nSPS) is 10.4. The summed E-state index contributed by atoms with van der Waals surface area (Å²) in [5, 5.41) is 10.5. The lowest BCUT2D eigenvalue weighted by molar-refractivity contribution is 0.102. The molecule has 0 radical (unpaired) electrons. The standard InChI is InChI=1S/C21H23N3O5/c1-4-26-16-10-7-14(8-11-16)21(25)22-20-19(23-29-24-20)15-9-12-17(27-5-2)18(13-15)28-6-3/h7-13H,4-6H2,1-3H3,(H,22,24,25). The minimum Gasteiger partial charge on any atom is -0.494 e. The maximum Gasteiger partial charge on any atom is 0.256 e. The molecule has 8 heteroatoms. The number of nitrogens with zero attached hydrogens (tertiary/aromatic N) is 2. The number of carbonyl (C=O) groups is 1. The number of hydrogen-bond acceptors (Lipinski definition) is 7. The third kappa shape index (κ3) is 4.84. The molecule has 3 aromatic rings.